The molecule has 1 heterocycles. The van der Waals surface area contributed by atoms with E-state index in [1.807, 2.05) is 24.3 Å². The number of hydrogen-bond donors (Lipinski definition) is 1. The van der Waals surface area contributed by atoms with Gasteiger partial charge in [0.15, 0.2) is 0 Å². The molecule has 0 radical (unpaired) electrons. The van der Waals surface area contributed by atoms with E-state index in [1.165, 1.54) is 31.1 Å². The van der Waals surface area contributed by atoms with E-state index in [0.29, 0.717) is 25.1 Å². The molecule has 2 aromatic carbocycles. The number of rotatable bonds is 7. The van der Waals surface area contributed by atoms with Crippen molar-refractivity contribution in [1.82, 2.24) is 10.2 Å². The van der Waals surface area contributed by atoms with E-state index in [-0.39, 0.29) is 23.7 Å². The molecule has 2 fully saturated rings. The van der Waals surface area contributed by atoms with Gasteiger partial charge in [-0.15, -0.1) is 0 Å². The molecule has 2 amide bonds. The maximum absolute atomic E-state index is 13.5. The molecule has 1 aliphatic heterocycles. The number of amides is 2. The van der Waals surface area contributed by atoms with Crippen molar-refractivity contribution >= 4 is 17.9 Å². The van der Waals surface area contributed by atoms with Gasteiger partial charge in [0.25, 0.3) is 0 Å². The van der Waals surface area contributed by atoms with Gasteiger partial charge in [-0.1, -0.05) is 24.3 Å². The van der Waals surface area contributed by atoms with E-state index in [2.05, 4.69) is 5.32 Å². The molecular formula is C27H31FN2O3. The van der Waals surface area contributed by atoms with Gasteiger partial charge in [-0.25, -0.2) is 4.39 Å². The lowest BCUT2D eigenvalue weighted by atomic mass is 10.1. The topological polar surface area (TPSA) is 58.6 Å². The van der Waals surface area contributed by atoms with Gasteiger partial charge >= 0.3 is 0 Å². The standard InChI is InChI=1S/C27H31FN2O3/c28-22-9-5-7-20(17-22)14-15-26(31)30(25-13-3-4-16-29-27(25)32)19-21-8-6-12-24(18-21)33-23-10-1-2-11-23/h5-9,12,14-15,17-18,23,25H,1-4,10-11,13,16,19H2,(H,29,32)/b15-14+/t25-/m0/s1. The highest BCUT2D eigenvalue weighted by molar-refractivity contribution is 5.95. The Balaban J connectivity index is 1.54. The van der Waals surface area contributed by atoms with Gasteiger partial charge in [-0.05, 0) is 86.4 Å². The second-order valence-corrected chi connectivity index (χ2v) is 8.83. The van der Waals surface area contributed by atoms with Crippen LogP contribution in [0.2, 0.25) is 0 Å². The molecule has 6 heteroatoms. The molecule has 33 heavy (non-hydrogen) atoms. The van der Waals surface area contributed by atoms with Crippen LogP contribution < -0.4 is 10.1 Å². The monoisotopic (exact) mass is 450 g/mol. The number of benzene rings is 2. The molecule has 1 saturated heterocycles. The van der Waals surface area contributed by atoms with E-state index < -0.39 is 6.04 Å². The first-order chi connectivity index (χ1) is 16.1. The second-order valence-electron chi connectivity index (χ2n) is 8.83. The summed E-state index contributed by atoms with van der Waals surface area (Å²) in [7, 11) is 0. The Bertz CT molecular complexity index is 1000. The molecule has 0 bridgehead atoms. The van der Waals surface area contributed by atoms with Gasteiger partial charge in [-0.3, -0.25) is 9.59 Å². The summed E-state index contributed by atoms with van der Waals surface area (Å²) < 4.78 is 19.6. The zero-order valence-electron chi connectivity index (χ0n) is 18.8. The zero-order chi connectivity index (χ0) is 23.0. The molecule has 1 aliphatic carbocycles. The fourth-order valence-corrected chi connectivity index (χ4v) is 4.55. The number of nitrogens with one attached hydrogen (secondary N) is 1. The highest BCUT2D eigenvalue weighted by Gasteiger charge is 2.30. The van der Waals surface area contributed by atoms with Gasteiger partial charge in [-0.2, -0.15) is 0 Å². The second kappa shape index (κ2) is 11.1. The van der Waals surface area contributed by atoms with Crippen molar-refractivity contribution in [3.05, 3.63) is 71.6 Å². The van der Waals surface area contributed by atoms with Crippen molar-refractivity contribution in [2.45, 2.75) is 63.6 Å². The minimum absolute atomic E-state index is 0.127. The molecule has 5 nitrogen and oxygen atoms in total. The molecule has 2 aromatic rings. The summed E-state index contributed by atoms with van der Waals surface area (Å²) in [5.74, 6) is 0.0397. The van der Waals surface area contributed by atoms with Crippen molar-refractivity contribution in [3.8, 4) is 5.75 Å². The fraction of sp³-hybridized carbons (Fsp3) is 0.407. The number of carbonyl (C=O) groups excluding carboxylic acids is 2. The highest BCUT2D eigenvalue weighted by atomic mass is 19.1. The third-order valence-corrected chi connectivity index (χ3v) is 6.29. The SMILES string of the molecule is O=C1NCCCC[C@@H]1N(Cc1cccc(OC2CCCC2)c1)C(=O)/C=C/c1cccc(F)c1. The van der Waals surface area contributed by atoms with E-state index in [1.54, 1.807) is 23.1 Å². The third kappa shape index (κ3) is 6.44. The summed E-state index contributed by atoms with van der Waals surface area (Å²) in [6.07, 6.45) is 10.2. The molecule has 174 valence electrons. The summed E-state index contributed by atoms with van der Waals surface area (Å²) in [5, 5.41) is 2.93. The molecule has 2 aliphatic rings. The Labute approximate surface area is 194 Å². The van der Waals surface area contributed by atoms with Crippen LogP contribution >= 0.6 is 0 Å². The van der Waals surface area contributed by atoms with Gasteiger partial charge in [0, 0.05) is 19.2 Å². The Morgan fingerprint density at radius 2 is 1.85 bits per heavy atom. The summed E-state index contributed by atoms with van der Waals surface area (Å²) in [4.78, 5) is 27.6. The first kappa shape index (κ1) is 23.0. The van der Waals surface area contributed by atoms with E-state index in [0.717, 1.165) is 37.0 Å². The van der Waals surface area contributed by atoms with E-state index in [4.69, 9.17) is 4.74 Å². The summed E-state index contributed by atoms with van der Waals surface area (Å²) >= 11 is 0. The van der Waals surface area contributed by atoms with Crippen LogP contribution in [0.15, 0.2) is 54.6 Å². The van der Waals surface area contributed by atoms with Crippen LogP contribution in [0.5, 0.6) is 5.75 Å². The van der Waals surface area contributed by atoms with E-state index in [9.17, 15) is 14.0 Å². The smallest absolute Gasteiger partial charge is 0.247 e. The number of hydrogen-bond acceptors (Lipinski definition) is 3. The first-order valence-corrected chi connectivity index (χ1v) is 11.9. The van der Waals surface area contributed by atoms with Crippen LogP contribution in [-0.2, 0) is 16.1 Å². The molecule has 1 atom stereocenters. The van der Waals surface area contributed by atoms with Gasteiger partial charge in [0.2, 0.25) is 11.8 Å². The number of halogens is 1. The van der Waals surface area contributed by atoms with Crippen LogP contribution in [0.25, 0.3) is 6.08 Å². The average molecular weight is 451 g/mol. The van der Waals surface area contributed by atoms with Gasteiger partial charge in [0.1, 0.15) is 17.6 Å². The normalized spacial score (nSPS) is 19.3. The zero-order valence-corrected chi connectivity index (χ0v) is 18.8. The number of ether oxygens (including phenoxy) is 1. The van der Waals surface area contributed by atoms with Crippen molar-refractivity contribution in [2.24, 2.45) is 0 Å². The minimum Gasteiger partial charge on any atom is -0.490 e. The van der Waals surface area contributed by atoms with Crippen molar-refractivity contribution in [2.75, 3.05) is 6.54 Å². The largest absolute Gasteiger partial charge is 0.490 e. The predicted molar refractivity (Wildman–Crippen MR) is 126 cm³/mol. The van der Waals surface area contributed by atoms with E-state index >= 15 is 0 Å². The quantitative estimate of drug-likeness (QED) is 0.613. The lowest BCUT2D eigenvalue weighted by Gasteiger charge is -2.29. The minimum atomic E-state index is -0.545. The molecule has 0 aromatic heterocycles. The molecular weight excluding hydrogens is 419 g/mol. The van der Waals surface area contributed by atoms with Crippen molar-refractivity contribution < 1.29 is 18.7 Å². The van der Waals surface area contributed by atoms with Crippen molar-refractivity contribution in [3.63, 3.8) is 0 Å². The summed E-state index contributed by atoms with van der Waals surface area (Å²) in [5.41, 5.74) is 1.51. The van der Waals surface area contributed by atoms with Gasteiger partial charge in [0.05, 0.1) is 6.10 Å². The molecule has 1 saturated carbocycles. The Morgan fingerprint density at radius 3 is 2.67 bits per heavy atom. The van der Waals surface area contributed by atoms with Crippen LogP contribution in [0.3, 0.4) is 0 Å². The highest BCUT2D eigenvalue weighted by Crippen LogP contribution is 2.26. The summed E-state index contributed by atoms with van der Waals surface area (Å²) in [6, 6.07) is 13.3. The fourth-order valence-electron chi connectivity index (χ4n) is 4.55. The Hall–Kier alpha value is -3.15. The lowest BCUT2D eigenvalue weighted by molar-refractivity contribution is -0.137. The average Bonchev–Trinajstić information content (AvgIpc) is 3.22. The maximum atomic E-state index is 13.5. The molecule has 0 unspecified atom stereocenters. The number of carbonyl (C=O) groups is 2. The Morgan fingerprint density at radius 1 is 1.06 bits per heavy atom. The van der Waals surface area contributed by atoms with Crippen LogP contribution in [0.4, 0.5) is 4.39 Å². The van der Waals surface area contributed by atoms with Crippen LogP contribution in [0, 0.1) is 5.82 Å². The van der Waals surface area contributed by atoms with Crippen LogP contribution in [-0.4, -0.2) is 35.4 Å². The first-order valence-electron chi connectivity index (χ1n) is 11.9. The van der Waals surface area contributed by atoms with Crippen molar-refractivity contribution in [1.29, 1.82) is 0 Å². The van der Waals surface area contributed by atoms with Crippen LogP contribution in [0.1, 0.15) is 56.1 Å². The molecule has 0 spiro atoms. The number of nitrogens with zero attached hydrogens (tertiary/aromatic N) is 1. The maximum Gasteiger partial charge on any atom is 0.247 e. The summed E-state index contributed by atoms with van der Waals surface area (Å²) in [6.45, 7) is 0.924. The van der Waals surface area contributed by atoms with Gasteiger partial charge < -0.3 is 15.0 Å². The molecule has 1 N–H and O–H groups in total. The lowest BCUT2D eigenvalue weighted by Crippen LogP contribution is -2.47. The third-order valence-electron chi connectivity index (χ3n) is 6.29. The molecule has 4 rings (SSSR count). The predicted octanol–water partition coefficient (Wildman–Crippen LogP) is 4.86. The Kier molecular flexibility index (Phi) is 7.76.